The van der Waals surface area contributed by atoms with Crippen molar-refractivity contribution in [1.82, 2.24) is 14.5 Å². The summed E-state index contributed by atoms with van der Waals surface area (Å²) < 4.78 is 2.85. The number of benzene rings is 1. The summed E-state index contributed by atoms with van der Waals surface area (Å²) in [7, 11) is 0. The Kier molecular flexibility index (Phi) is 4.03. The Morgan fingerprint density at radius 3 is 2.95 bits per heavy atom. The van der Waals surface area contributed by atoms with Crippen LogP contribution in [-0.4, -0.2) is 19.6 Å². The van der Waals surface area contributed by atoms with Crippen molar-refractivity contribution in [3.8, 4) is 0 Å². The second kappa shape index (κ2) is 5.95. The number of hydrogen-bond acceptors (Lipinski definition) is 3. The van der Waals surface area contributed by atoms with Crippen molar-refractivity contribution in [3.63, 3.8) is 0 Å². The molecular formula is C16H16BrN3O. The smallest absolute Gasteiger partial charge is 0.111 e. The van der Waals surface area contributed by atoms with E-state index in [2.05, 4.69) is 32.8 Å². The van der Waals surface area contributed by atoms with Gasteiger partial charge in [0, 0.05) is 35.2 Å². The number of rotatable bonds is 4. The first-order valence-electron chi connectivity index (χ1n) is 6.92. The zero-order valence-electron chi connectivity index (χ0n) is 11.7. The third kappa shape index (κ3) is 2.84. The van der Waals surface area contributed by atoms with E-state index in [1.807, 2.05) is 41.1 Å². The molecule has 1 atom stereocenters. The molecule has 3 aromatic rings. The lowest BCUT2D eigenvalue weighted by Gasteiger charge is -2.13. The highest BCUT2D eigenvalue weighted by atomic mass is 79.9. The number of hydrogen-bond donors (Lipinski definition) is 1. The third-order valence-corrected chi connectivity index (χ3v) is 4.17. The second-order valence-electron chi connectivity index (χ2n) is 4.90. The van der Waals surface area contributed by atoms with Crippen molar-refractivity contribution < 1.29 is 5.11 Å². The fourth-order valence-corrected chi connectivity index (χ4v) is 3.03. The van der Waals surface area contributed by atoms with E-state index >= 15 is 0 Å². The van der Waals surface area contributed by atoms with Crippen molar-refractivity contribution in [2.45, 2.75) is 26.0 Å². The number of pyridine rings is 1. The molecule has 2 aromatic heterocycles. The van der Waals surface area contributed by atoms with E-state index in [1.165, 1.54) is 0 Å². The highest BCUT2D eigenvalue weighted by Gasteiger charge is 2.17. The molecule has 3 rings (SSSR count). The monoisotopic (exact) mass is 345 g/mol. The minimum atomic E-state index is -0.684. The van der Waals surface area contributed by atoms with E-state index < -0.39 is 6.10 Å². The summed E-state index contributed by atoms with van der Waals surface area (Å²) in [5.74, 6) is 0.867. The molecule has 1 aromatic carbocycles. The van der Waals surface area contributed by atoms with Crippen LogP contribution < -0.4 is 0 Å². The average Bonchev–Trinajstić information content (AvgIpc) is 2.93. The number of aliphatic hydroxyl groups is 1. The van der Waals surface area contributed by atoms with Crippen LogP contribution >= 0.6 is 15.9 Å². The molecule has 1 N–H and O–H groups in total. The van der Waals surface area contributed by atoms with Gasteiger partial charge in [-0.3, -0.25) is 0 Å². The SMILES string of the molecule is CCn1ccnc1CC(O)c1nc2ccccc2cc1Br. The highest BCUT2D eigenvalue weighted by Crippen LogP contribution is 2.27. The largest absolute Gasteiger partial charge is 0.386 e. The molecule has 2 heterocycles. The molecule has 108 valence electrons. The van der Waals surface area contributed by atoms with Gasteiger partial charge in [0.1, 0.15) is 11.9 Å². The van der Waals surface area contributed by atoms with Crippen LogP contribution in [-0.2, 0) is 13.0 Å². The lowest BCUT2D eigenvalue weighted by atomic mass is 10.1. The van der Waals surface area contributed by atoms with Gasteiger partial charge in [0.25, 0.3) is 0 Å². The minimum Gasteiger partial charge on any atom is -0.386 e. The average molecular weight is 346 g/mol. The number of aliphatic hydroxyl groups excluding tert-OH is 1. The topological polar surface area (TPSA) is 50.9 Å². The standard InChI is InChI=1S/C16H16BrN3O/c1-2-20-8-7-18-15(20)10-14(21)16-12(17)9-11-5-3-4-6-13(11)19-16/h3-9,14,21H,2,10H2,1H3. The predicted octanol–water partition coefficient (Wildman–Crippen LogP) is 3.49. The Morgan fingerprint density at radius 2 is 2.14 bits per heavy atom. The normalized spacial score (nSPS) is 12.7. The predicted molar refractivity (Wildman–Crippen MR) is 86.0 cm³/mol. The third-order valence-electron chi connectivity index (χ3n) is 3.54. The summed E-state index contributed by atoms with van der Waals surface area (Å²) in [6.45, 7) is 2.90. The molecule has 0 spiro atoms. The van der Waals surface area contributed by atoms with Gasteiger partial charge in [0.05, 0.1) is 11.2 Å². The first-order chi connectivity index (χ1) is 10.2. The van der Waals surface area contributed by atoms with Crippen LogP contribution in [0.3, 0.4) is 0 Å². The molecule has 1 unspecified atom stereocenters. The number of halogens is 1. The summed E-state index contributed by atoms with van der Waals surface area (Å²) >= 11 is 3.51. The lowest BCUT2D eigenvalue weighted by Crippen LogP contribution is -2.10. The van der Waals surface area contributed by atoms with Gasteiger partial charge in [-0.15, -0.1) is 0 Å². The maximum absolute atomic E-state index is 10.5. The lowest BCUT2D eigenvalue weighted by molar-refractivity contribution is 0.169. The summed E-state index contributed by atoms with van der Waals surface area (Å²) in [4.78, 5) is 8.88. The second-order valence-corrected chi connectivity index (χ2v) is 5.75. The Hall–Kier alpha value is -1.72. The molecule has 5 heteroatoms. The summed E-state index contributed by atoms with van der Waals surface area (Å²) in [6, 6.07) is 9.87. The molecule has 0 saturated carbocycles. The van der Waals surface area contributed by atoms with Gasteiger partial charge in [0.15, 0.2) is 0 Å². The number of fused-ring (bicyclic) bond motifs is 1. The van der Waals surface area contributed by atoms with Crippen LogP contribution in [0.1, 0.15) is 24.5 Å². The van der Waals surface area contributed by atoms with Crippen LogP contribution in [0.15, 0.2) is 47.2 Å². The number of aromatic nitrogens is 3. The maximum atomic E-state index is 10.5. The van der Waals surface area contributed by atoms with Gasteiger partial charge in [-0.1, -0.05) is 18.2 Å². The van der Waals surface area contributed by atoms with E-state index in [4.69, 9.17) is 0 Å². The molecule has 0 aliphatic carbocycles. The molecule has 0 fully saturated rings. The Balaban J connectivity index is 1.94. The van der Waals surface area contributed by atoms with E-state index in [0.29, 0.717) is 12.1 Å². The van der Waals surface area contributed by atoms with Gasteiger partial charge >= 0.3 is 0 Å². The molecular weight excluding hydrogens is 330 g/mol. The molecule has 0 saturated heterocycles. The van der Waals surface area contributed by atoms with Crippen molar-refractivity contribution in [1.29, 1.82) is 0 Å². The molecule has 0 bridgehead atoms. The quantitative estimate of drug-likeness (QED) is 0.787. The van der Waals surface area contributed by atoms with Crippen molar-refractivity contribution >= 4 is 26.8 Å². The number of imidazole rings is 1. The summed E-state index contributed by atoms with van der Waals surface area (Å²) in [5.41, 5.74) is 1.54. The van der Waals surface area contributed by atoms with Gasteiger partial charge in [-0.05, 0) is 35.0 Å². The van der Waals surface area contributed by atoms with Crippen LogP contribution in [0.4, 0.5) is 0 Å². The zero-order chi connectivity index (χ0) is 14.8. The number of aryl methyl sites for hydroxylation is 1. The van der Waals surface area contributed by atoms with E-state index in [1.54, 1.807) is 6.20 Å². The molecule has 4 nitrogen and oxygen atoms in total. The van der Waals surface area contributed by atoms with Crippen LogP contribution in [0.2, 0.25) is 0 Å². The zero-order valence-corrected chi connectivity index (χ0v) is 13.3. The van der Waals surface area contributed by atoms with E-state index in [-0.39, 0.29) is 0 Å². The van der Waals surface area contributed by atoms with Crippen LogP contribution in [0, 0.1) is 0 Å². The number of para-hydroxylation sites is 1. The number of nitrogens with zero attached hydrogens (tertiary/aromatic N) is 3. The van der Waals surface area contributed by atoms with E-state index in [9.17, 15) is 5.11 Å². The van der Waals surface area contributed by atoms with Crippen LogP contribution in [0.5, 0.6) is 0 Å². The Morgan fingerprint density at radius 1 is 1.33 bits per heavy atom. The maximum Gasteiger partial charge on any atom is 0.111 e. The van der Waals surface area contributed by atoms with E-state index in [0.717, 1.165) is 27.7 Å². The van der Waals surface area contributed by atoms with Crippen molar-refractivity contribution in [3.05, 3.63) is 58.7 Å². The van der Waals surface area contributed by atoms with Crippen molar-refractivity contribution in [2.75, 3.05) is 0 Å². The molecule has 0 radical (unpaired) electrons. The molecule has 0 aliphatic rings. The first kappa shape index (κ1) is 14.2. The highest BCUT2D eigenvalue weighted by molar-refractivity contribution is 9.10. The van der Waals surface area contributed by atoms with Gasteiger partial charge in [0.2, 0.25) is 0 Å². The Bertz CT molecular complexity index is 769. The fraction of sp³-hybridized carbons (Fsp3) is 0.250. The summed E-state index contributed by atoms with van der Waals surface area (Å²) in [6.07, 6.45) is 3.45. The minimum absolute atomic E-state index is 0.449. The van der Waals surface area contributed by atoms with Crippen molar-refractivity contribution in [2.24, 2.45) is 0 Å². The fourth-order valence-electron chi connectivity index (χ4n) is 2.43. The Labute approximate surface area is 131 Å². The van der Waals surface area contributed by atoms with Gasteiger partial charge in [-0.25, -0.2) is 9.97 Å². The molecule has 0 amide bonds. The summed E-state index contributed by atoms with van der Waals surface area (Å²) in [5, 5.41) is 11.6. The molecule has 21 heavy (non-hydrogen) atoms. The van der Waals surface area contributed by atoms with Crippen LogP contribution in [0.25, 0.3) is 10.9 Å². The molecule has 0 aliphatic heterocycles. The van der Waals surface area contributed by atoms with Gasteiger partial charge in [-0.2, -0.15) is 0 Å². The van der Waals surface area contributed by atoms with Gasteiger partial charge < -0.3 is 9.67 Å². The first-order valence-corrected chi connectivity index (χ1v) is 7.71.